The third-order valence-electron chi connectivity index (χ3n) is 1.92. The molecule has 0 atom stereocenters. The van der Waals surface area contributed by atoms with Crippen molar-refractivity contribution in [2.75, 3.05) is 6.54 Å². The van der Waals surface area contributed by atoms with Crippen LogP contribution in [-0.2, 0) is 11.2 Å². The fourth-order valence-corrected chi connectivity index (χ4v) is 1.33. The Hall–Kier alpha value is -1.28. The van der Waals surface area contributed by atoms with Crippen molar-refractivity contribution in [2.45, 2.75) is 13.3 Å². The molecule has 0 aliphatic rings. The van der Waals surface area contributed by atoms with Crippen LogP contribution >= 0.6 is 11.6 Å². The highest BCUT2D eigenvalue weighted by molar-refractivity contribution is 6.29. The molecule has 1 aromatic rings. The Kier molecular flexibility index (Phi) is 4.37. The summed E-state index contributed by atoms with van der Waals surface area (Å²) < 4.78 is 0. The fraction of sp³-hybridized carbons (Fsp3) is 0.250. The molecule has 0 aliphatic carbocycles. The molecule has 0 spiro atoms. The molecule has 1 N–H and O–H groups in total. The van der Waals surface area contributed by atoms with Gasteiger partial charge in [-0.25, -0.2) is 0 Å². The van der Waals surface area contributed by atoms with Gasteiger partial charge in [0.05, 0.1) is 13.0 Å². The molecule has 0 aromatic heterocycles. The number of halogens is 1. The Morgan fingerprint density at radius 1 is 1.53 bits per heavy atom. The molecule has 0 saturated carbocycles. The zero-order valence-corrected chi connectivity index (χ0v) is 9.47. The van der Waals surface area contributed by atoms with Crippen LogP contribution in [0.25, 0.3) is 0 Å². The molecule has 15 heavy (non-hydrogen) atoms. The van der Waals surface area contributed by atoms with Crippen LogP contribution in [0, 0.1) is 6.92 Å². The van der Waals surface area contributed by atoms with E-state index in [1.165, 1.54) is 0 Å². The lowest BCUT2D eigenvalue weighted by Gasteiger charge is -2.04. The Labute approximate surface area is 94.9 Å². The third kappa shape index (κ3) is 4.66. The van der Waals surface area contributed by atoms with Crippen LogP contribution in [0.15, 0.2) is 35.9 Å². The maximum atomic E-state index is 11.4. The van der Waals surface area contributed by atoms with E-state index in [-0.39, 0.29) is 5.91 Å². The van der Waals surface area contributed by atoms with Gasteiger partial charge in [-0.05, 0) is 12.5 Å². The summed E-state index contributed by atoms with van der Waals surface area (Å²) in [4.78, 5) is 11.4. The number of hydrogen-bond donors (Lipinski definition) is 1. The second kappa shape index (κ2) is 5.56. The average Bonchev–Trinajstić information content (AvgIpc) is 2.15. The lowest BCUT2D eigenvalue weighted by Crippen LogP contribution is -2.26. The van der Waals surface area contributed by atoms with Crippen molar-refractivity contribution in [3.63, 3.8) is 0 Å². The molecule has 0 saturated heterocycles. The number of carbonyl (C=O) groups excluding carboxylic acids is 1. The minimum Gasteiger partial charge on any atom is -0.351 e. The van der Waals surface area contributed by atoms with Gasteiger partial charge in [-0.2, -0.15) is 0 Å². The van der Waals surface area contributed by atoms with Gasteiger partial charge in [0.2, 0.25) is 5.91 Å². The van der Waals surface area contributed by atoms with Crippen LogP contribution in [-0.4, -0.2) is 12.5 Å². The Morgan fingerprint density at radius 2 is 2.27 bits per heavy atom. The molecule has 1 aromatic carbocycles. The molecule has 80 valence electrons. The Balaban J connectivity index is 2.48. The predicted molar refractivity (Wildman–Crippen MR) is 62.9 cm³/mol. The molecule has 1 amide bonds. The van der Waals surface area contributed by atoms with E-state index in [4.69, 9.17) is 11.6 Å². The first kappa shape index (κ1) is 11.8. The molecule has 1 rings (SSSR count). The first-order valence-corrected chi connectivity index (χ1v) is 5.11. The number of nitrogens with one attached hydrogen (secondary N) is 1. The summed E-state index contributed by atoms with van der Waals surface area (Å²) in [5, 5.41) is 3.12. The second-order valence-electron chi connectivity index (χ2n) is 3.46. The van der Waals surface area contributed by atoms with E-state index in [0.29, 0.717) is 18.0 Å². The summed E-state index contributed by atoms with van der Waals surface area (Å²) >= 11 is 5.54. The Morgan fingerprint density at radius 3 is 2.87 bits per heavy atom. The molecule has 0 bridgehead atoms. The van der Waals surface area contributed by atoms with Crippen molar-refractivity contribution in [3.05, 3.63) is 47.0 Å². The summed E-state index contributed by atoms with van der Waals surface area (Å²) in [5.74, 6) is -0.0394. The summed E-state index contributed by atoms with van der Waals surface area (Å²) in [6, 6.07) is 7.87. The van der Waals surface area contributed by atoms with Gasteiger partial charge in [-0.3, -0.25) is 4.79 Å². The molecule has 0 heterocycles. The molecule has 0 unspecified atom stereocenters. The maximum Gasteiger partial charge on any atom is 0.224 e. The van der Waals surface area contributed by atoms with Crippen molar-refractivity contribution >= 4 is 17.5 Å². The topological polar surface area (TPSA) is 29.1 Å². The molecule has 3 heteroatoms. The van der Waals surface area contributed by atoms with E-state index in [9.17, 15) is 4.79 Å². The van der Waals surface area contributed by atoms with E-state index in [1.54, 1.807) is 0 Å². The van der Waals surface area contributed by atoms with Gasteiger partial charge in [-0.15, -0.1) is 0 Å². The standard InChI is InChI=1S/C12H14ClNO/c1-9-4-3-5-11(6-9)7-12(15)14-8-10(2)13/h3-6H,2,7-8H2,1H3,(H,14,15). The van der Waals surface area contributed by atoms with Crippen molar-refractivity contribution in [2.24, 2.45) is 0 Å². The molecular formula is C12H14ClNO. The van der Waals surface area contributed by atoms with Crippen LogP contribution < -0.4 is 5.32 Å². The number of amides is 1. The SMILES string of the molecule is C=C(Cl)CNC(=O)Cc1cccc(C)c1. The number of hydrogen-bond acceptors (Lipinski definition) is 1. The van der Waals surface area contributed by atoms with Crippen LogP contribution in [0.4, 0.5) is 0 Å². The minimum absolute atomic E-state index is 0.0394. The number of aryl methyl sites for hydroxylation is 1. The smallest absolute Gasteiger partial charge is 0.224 e. The van der Waals surface area contributed by atoms with Gasteiger partial charge in [-0.1, -0.05) is 48.0 Å². The normalized spacial score (nSPS) is 9.73. The number of carbonyl (C=O) groups is 1. The van der Waals surface area contributed by atoms with E-state index in [2.05, 4.69) is 11.9 Å². The molecule has 0 radical (unpaired) electrons. The summed E-state index contributed by atoms with van der Waals surface area (Å²) in [6.07, 6.45) is 0.381. The number of rotatable bonds is 4. The summed E-state index contributed by atoms with van der Waals surface area (Å²) in [7, 11) is 0. The Bertz CT molecular complexity index is 374. The lowest BCUT2D eigenvalue weighted by atomic mass is 10.1. The second-order valence-corrected chi connectivity index (χ2v) is 3.99. The highest BCUT2D eigenvalue weighted by Crippen LogP contribution is 2.04. The van der Waals surface area contributed by atoms with Crippen molar-refractivity contribution < 1.29 is 4.79 Å². The summed E-state index contributed by atoms with van der Waals surface area (Å²) in [5.41, 5.74) is 2.16. The lowest BCUT2D eigenvalue weighted by molar-refractivity contribution is -0.120. The van der Waals surface area contributed by atoms with Gasteiger partial charge >= 0.3 is 0 Å². The predicted octanol–water partition coefficient (Wildman–Crippen LogP) is 2.41. The molecular weight excluding hydrogens is 210 g/mol. The largest absolute Gasteiger partial charge is 0.351 e. The average molecular weight is 224 g/mol. The van der Waals surface area contributed by atoms with Gasteiger partial charge in [0, 0.05) is 5.03 Å². The fourth-order valence-electron chi connectivity index (χ4n) is 1.26. The zero-order valence-electron chi connectivity index (χ0n) is 8.72. The highest BCUT2D eigenvalue weighted by Gasteiger charge is 2.02. The highest BCUT2D eigenvalue weighted by atomic mass is 35.5. The van der Waals surface area contributed by atoms with Crippen LogP contribution in [0.2, 0.25) is 0 Å². The van der Waals surface area contributed by atoms with Gasteiger partial charge in [0.15, 0.2) is 0 Å². The first-order chi connectivity index (χ1) is 7.08. The summed E-state index contributed by atoms with van der Waals surface area (Å²) in [6.45, 7) is 5.83. The van der Waals surface area contributed by atoms with Gasteiger partial charge in [0.1, 0.15) is 0 Å². The van der Waals surface area contributed by atoms with E-state index in [0.717, 1.165) is 11.1 Å². The van der Waals surface area contributed by atoms with Crippen LogP contribution in [0.5, 0.6) is 0 Å². The van der Waals surface area contributed by atoms with Crippen LogP contribution in [0.1, 0.15) is 11.1 Å². The molecule has 0 fully saturated rings. The first-order valence-electron chi connectivity index (χ1n) is 4.73. The van der Waals surface area contributed by atoms with Crippen LogP contribution in [0.3, 0.4) is 0 Å². The van der Waals surface area contributed by atoms with E-state index in [1.807, 2.05) is 31.2 Å². The van der Waals surface area contributed by atoms with Gasteiger partial charge < -0.3 is 5.32 Å². The van der Waals surface area contributed by atoms with Gasteiger partial charge in [0.25, 0.3) is 0 Å². The van der Waals surface area contributed by atoms with E-state index < -0.39 is 0 Å². The third-order valence-corrected chi connectivity index (χ3v) is 2.06. The van der Waals surface area contributed by atoms with E-state index >= 15 is 0 Å². The van der Waals surface area contributed by atoms with Crippen molar-refractivity contribution in [3.8, 4) is 0 Å². The molecule has 2 nitrogen and oxygen atoms in total. The monoisotopic (exact) mass is 223 g/mol. The molecule has 0 aliphatic heterocycles. The van der Waals surface area contributed by atoms with Crippen molar-refractivity contribution in [1.29, 1.82) is 0 Å². The zero-order chi connectivity index (χ0) is 11.3. The van der Waals surface area contributed by atoms with Crippen molar-refractivity contribution in [1.82, 2.24) is 5.32 Å². The number of benzene rings is 1. The minimum atomic E-state index is -0.0394. The quantitative estimate of drug-likeness (QED) is 0.835. The maximum absolute atomic E-state index is 11.4.